The second-order valence-corrected chi connectivity index (χ2v) is 15.4. The van der Waals surface area contributed by atoms with Crippen molar-refractivity contribution in [2.45, 2.75) is 119 Å². The monoisotopic (exact) mass is 510 g/mol. The number of rotatable bonds is 2. The molecule has 4 fully saturated rings. The van der Waals surface area contributed by atoms with Crippen LogP contribution in [0.1, 0.15) is 113 Å². The highest BCUT2D eigenvalue weighted by molar-refractivity contribution is 5.78. The average molecular weight is 511 g/mol. The van der Waals surface area contributed by atoms with Crippen LogP contribution in [0.4, 0.5) is 0 Å². The molecule has 4 heteroatoms. The summed E-state index contributed by atoms with van der Waals surface area (Å²) in [7, 11) is 1.58. The Kier molecular flexibility index (Phi) is 5.99. The van der Waals surface area contributed by atoms with Crippen LogP contribution in [0.2, 0.25) is 0 Å². The zero-order chi connectivity index (χ0) is 27.2. The Hall–Kier alpha value is -1.58. The van der Waals surface area contributed by atoms with Crippen LogP contribution in [-0.4, -0.2) is 25.2 Å². The van der Waals surface area contributed by atoms with Gasteiger partial charge in [0.2, 0.25) is 0 Å². The lowest BCUT2D eigenvalue weighted by Gasteiger charge is -2.68. The third-order valence-corrected chi connectivity index (χ3v) is 12.9. The van der Waals surface area contributed by atoms with E-state index in [1.165, 1.54) is 5.57 Å². The second-order valence-electron chi connectivity index (χ2n) is 15.4. The lowest BCUT2D eigenvalue weighted by Crippen LogP contribution is -2.62. The summed E-state index contributed by atoms with van der Waals surface area (Å²) in [6.45, 7) is 18.5. The van der Waals surface area contributed by atoms with Gasteiger partial charge in [0.05, 0.1) is 12.5 Å². The van der Waals surface area contributed by atoms with Crippen molar-refractivity contribution < 1.29 is 19.1 Å². The minimum atomic E-state index is -0.373. The molecule has 5 rings (SSSR count). The number of carbonyl (C=O) groups excluding carboxylic acids is 2. The molecule has 0 bridgehead atoms. The molecule has 37 heavy (non-hydrogen) atoms. The zero-order valence-corrected chi connectivity index (χ0v) is 24.9. The molecule has 5 aliphatic carbocycles. The van der Waals surface area contributed by atoms with Crippen LogP contribution in [0.15, 0.2) is 23.3 Å². The Morgan fingerprint density at radius 2 is 1.51 bits per heavy atom. The Morgan fingerprint density at radius 3 is 2.16 bits per heavy atom. The molecule has 0 radical (unpaired) electrons. The van der Waals surface area contributed by atoms with Gasteiger partial charge in [0.15, 0.2) is 0 Å². The van der Waals surface area contributed by atoms with E-state index in [-0.39, 0.29) is 56.5 Å². The van der Waals surface area contributed by atoms with Gasteiger partial charge >= 0.3 is 11.9 Å². The van der Waals surface area contributed by atoms with Crippen molar-refractivity contribution in [2.75, 3.05) is 7.11 Å². The maximum absolute atomic E-state index is 13.4. The predicted molar refractivity (Wildman–Crippen MR) is 147 cm³/mol. The van der Waals surface area contributed by atoms with Crippen molar-refractivity contribution in [1.29, 1.82) is 0 Å². The van der Waals surface area contributed by atoms with Crippen LogP contribution in [-0.2, 0) is 19.1 Å². The molecule has 0 heterocycles. The Bertz CT molecular complexity index is 1060. The first-order chi connectivity index (χ1) is 17.1. The lowest BCUT2D eigenvalue weighted by molar-refractivity contribution is -0.174. The predicted octanol–water partition coefficient (Wildman–Crippen LogP) is 7.81. The summed E-state index contributed by atoms with van der Waals surface area (Å²) in [6.07, 6.45) is 14.2. The largest absolute Gasteiger partial charge is 0.469 e. The van der Waals surface area contributed by atoms with Crippen molar-refractivity contribution >= 4 is 11.9 Å². The van der Waals surface area contributed by atoms with Crippen LogP contribution < -0.4 is 0 Å². The van der Waals surface area contributed by atoms with E-state index in [2.05, 4.69) is 60.6 Å². The molecule has 7 atom stereocenters. The topological polar surface area (TPSA) is 52.6 Å². The van der Waals surface area contributed by atoms with Gasteiger partial charge < -0.3 is 9.47 Å². The molecule has 3 unspecified atom stereocenters. The summed E-state index contributed by atoms with van der Waals surface area (Å²) in [5.74, 6) is 0.573. The first kappa shape index (κ1) is 27.0. The van der Waals surface area contributed by atoms with E-state index in [9.17, 15) is 9.59 Å². The van der Waals surface area contributed by atoms with Gasteiger partial charge in [-0.1, -0.05) is 71.8 Å². The van der Waals surface area contributed by atoms with Crippen LogP contribution in [0.3, 0.4) is 0 Å². The van der Waals surface area contributed by atoms with Crippen LogP contribution in [0, 0.1) is 44.3 Å². The summed E-state index contributed by atoms with van der Waals surface area (Å²) < 4.78 is 11.4. The molecule has 4 nitrogen and oxygen atoms in total. The van der Waals surface area contributed by atoms with Gasteiger partial charge in [-0.15, -0.1) is 0 Å². The molecule has 0 spiro atoms. The van der Waals surface area contributed by atoms with E-state index in [0.29, 0.717) is 5.92 Å². The van der Waals surface area contributed by atoms with E-state index >= 15 is 0 Å². The van der Waals surface area contributed by atoms with Gasteiger partial charge in [-0.2, -0.15) is 0 Å². The molecular formula is C33H50O4. The minimum absolute atomic E-state index is 0.0112. The van der Waals surface area contributed by atoms with E-state index in [4.69, 9.17) is 9.47 Å². The van der Waals surface area contributed by atoms with Crippen molar-refractivity contribution in [3.63, 3.8) is 0 Å². The number of allylic oxidation sites excluding steroid dienone is 4. The van der Waals surface area contributed by atoms with Crippen LogP contribution in [0.25, 0.3) is 0 Å². The average Bonchev–Trinajstić information content (AvgIpc) is 2.80. The summed E-state index contributed by atoms with van der Waals surface area (Å²) in [5, 5.41) is 0. The SMILES string of the molecule is COC(=O)[C@]12CCC(C)(C)CC1C1=CC=C3[C@@]4(C)CCC(OC(C)=O)C(C)(C)C4CC[C@@]3(C)[C@]1(C)CC2. The second kappa shape index (κ2) is 8.21. The fourth-order valence-corrected chi connectivity index (χ4v) is 10.5. The number of ether oxygens (including phenoxy) is 2. The molecule has 5 aliphatic rings. The molecule has 0 saturated heterocycles. The minimum Gasteiger partial charge on any atom is -0.469 e. The van der Waals surface area contributed by atoms with Crippen LogP contribution in [0.5, 0.6) is 0 Å². The highest BCUT2D eigenvalue weighted by Crippen LogP contribution is 2.74. The van der Waals surface area contributed by atoms with E-state index in [1.54, 1.807) is 19.6 Å². The molecule has 0 aliphatic heterocycles. The third kappa shape index (κ3) is 3.52. The number of methoxy groups -OCH3 is 1. The van der Waals surface area contributed by atoms with Gasteiger partial charge in [-0.05, 0) is 91.3 Å². The van der Waals surface area contributed by atoms with Crippen molar-refractivity contribution in [3.05, 3.63) is 23.3 Å². The van der Waals surface area contributed by atoms with Crippen molar-refractivity contribution in [1.82, 2.24) is 0 Å². The van der Waals surface area contributed by atoms with Gasteiger partial charge in [-0.25, -0.2) is 0 Å². The summed E-state index contributed by atoms with van der Waals surface area (Å²) in [6, 6.07) is 0. The normalized spacial score (nSPS) is 45.6. The molecule has 0 amide bonds. The smallest absolute Gasteiger partial charge is 0.312 e. The van der Waals surface area contributed by atoms with Crippen molar-refractivity contribution in [3.8, 4) is 0 Å². The van der Waals surface area contributed by atoms with Crippen molar-refractivity contribution in [2.24, 2.45) is 44.3 Å². The number of hydrogen-bond donors (Lipinski definition) is 0. The van der Waals surface area contributed by atoms with Gasteiger partial charge in [0, 0.05) is 12.3 Å². The van der Waals surface area contributed by atoms with E-state index < -0.39 is 0 Å². The number of carbonyl (C=O) groups is 2. The van der Waals surface area contributed by atoms with Crippen LogP contribution >= 0.6 is 0 Å². The maximum atomic E-state index is 13.4. The van der Waals surface area contributed by atoms with Gasteiger partial charge in [-0.3, -0.25) is 9.59 Å². The fourth-order valence-electron chi connectivity index (χ4n) is 10.5. The van der Waals surface area contributed by atoms with Gasteiger partial charge in [0.1, 0.15) is 6.10 Å². The standard InChI is InChI=1S/C33H50O4/c1-21(34)37-26-13-14-30(6)24(29(26,4)5)12-15-32(8)25(30)11-10-22-23-20-28(2,3)16-18-33(23,27(35)36-9)19-17-31(22,32)7/h10-11,23-24,26H,12-20H2,1-9H3/t23?,24?,26?,30-,31+,32+,33-/m0/s1. The highest BCUT2D eigenvalue weighted by atomic mass is 16.5. The molecule has 4 saturated carbocycles. The lowest BCUT2D eigenvalue weighted by atomic mass is 9.36. The molecule has 0 aromatic carbocycles. The Balaban J connectivity index is 1.60. The zero-order valence-electron chi connectivity index (χ0n) is 24.9. The fraction of sp³-hybridized carbons (Fsp3) is 0.818. The summed E-state index contributed by atoms with van der Waals surface area (Å²) >= 11 is 0. The molecular weight excluding hydrogens is 460 g/mol. The maximum Gasteiger partial charge on any atom is 0.312 e. The molecule has 0 N–H and O–H groups in total. The quantitative estimate of drug-likeness (QED) is 0.355. The first-order valence-electron chi connectivity index (χ1n) is 14.8. The number of hydrogen-bond acceptors (Lipinski definition) is 4. The van der Waals surface area contributed by atoms with E-state index in [1.807, 2.05) is 0 Å². The first-order valence-corrected chi connectivity index (χ1v) is 14.8. The highest BCUT2D eigenvalue weighted by Gasteiger charge is 2.67. The molecule has 0 aromatic heterocycles. The van der Waals surface area contributed by atoms with Gasteiger partial charge in [0.25, 0.3) is 0 Å². The Labute approximate surface area is 225 Å². The third-order valence-electron chi connectivity index (χ3n) is 12.9. The molecule has 206 valence electrons. The summed E-state index contributed by atoms with van der Waals surface area (Å²) in [5.41, 5.74) is 3.11. The number of esters is 2. The number of fused-ring (bicyclic) bond motifs is 7. The Morgan fingerprint density at radius 1 is 0.838 bits per heavy atom. The van der Waals surface area contributed by atoms with E-state index in [0.717, 1.165) is 57.8 Å². The molecule has 0 aromatic rings. The summed E-state index contributed by atoms with van der Waals surface area (Å²) in [4.78, 5) is 25.3.